The molecule has 13 heavy (non-hydrogen) atoms. The van der Waals surface area contributed by atoms with E-state index in [2.05, 4.69) is 0 Å². The van der Waals surface area contributed by atoms with E-state index in [1.54, 1.807) is 12.1 Å². The maximum Gasteiger partial charge on any atom is 0.101 e. The molecule has 1 aromatic rings. The van der Waals surface area contributed by atoms with Crippen LogP contribution in [-0.2, 0) is 0 Å². The molecule has 0 spiro atoms. The molecule has 0 aliphatic rings. The Morgan fingerprint density at radius 1 is 1.62 bits per heavy atom. The number of benzene rings is 1. The average molecular weight is 195 g/mol. The van der Waals surface area contributed by atoms with Crippen LogP contribution in [0.15, 0.2) is 18.2 Å². The summed E-state index contributed by atoms with van der Waals surface area (Å²) in [5, 5.41) is 9.20. The second kappa shape index (κ2) is 4.27. The van der Waals surface area contributed by atoms with Crippen LogP contribution >= 0.6 is 11.6 Å². The fourth-order valence-corrected chi connectivity index (χ4v) is 1.25. The summed E-state index contributed by atoms with van der Waals surface area (Å²) in [5.41, 5.74) is 7.27. The van der Waals surface area contributed by atoms with Gasteiger partial charge < -0.3 is 5.73 Å². The highest BCUT2D eigenvalue weighted by Crippen LogP contribution is 2.21. The summed E-state index contributed by atoms with van der Waals surface area (Å²) >= 11 is 5.78. The maximum atomic E-state index is 8.72. The average Bonchev–Trinajstić information content (AvgIpc) is 2.17. The van der Waals surface area contributed by atoms with Crippen molar-refractivity contribution in [2.45, 2.75) is 19.4 Å². The van der Waals surface area contributed by atoms with Crippen molar-refractivity contribution in [3.05, 3.63) is 34.3 Å². The van der Waals surface area contributed by atoms with Gasteiger partial charge in [-0.1, -0.05) is 24.6 Å². The predicted octanol–water partition coefficient (Wildman–Crippen LogP) is 2.62. The molecule has 2 nitrogen and oxygen atoms in total. The molecule has 0 unspecified atom stereocenters. The van der Waals surface area contributed by atoms with E-state index in [1.807, 2.05) is 19.1 Å². The van der Waals surface area contributed by atoms with Gasteiger partial charge in [0.15, 0.2) is 0 Å². The fourth-order valence-electron chi connectivity index (χ4n) is 1.09. The van der Waals surface area contributed by atoms with Gasteiger partial charge in [0.1, 0.15) is 6.07 Å². The van der Waals surface area contributed by atoms with E-state index in [1.165, 1.54) is 0 Å². The van der Waals surface area contributed by atoms with Crippen LogP contribution in [0.1, 0.15) is 30.5 Å². The van der Waals surface area contributed by atoms with Gasteiger partial charge in [-0.2, -0.15) is 5.26 Å². The van der Waals surface area contributed by atoms with Crippen LogP contribution in [0.5, 0.6) is 0 Å². The topological polar surface area (TPSA) is 49.8 Å². The minimum Gasteiger partial charge on any atom is -0.324 e. The molecule has 68 valence electrons. The summed E-state index contributed by atoms with van der Waals surface area (Å²) in [5.74, 6) is 0. The Labute approximate surface area is 82.9 Å². The van der Waals surface area contributed by atoms with Crippen molar-refractivity contribution in [2.75, 3.05) is 0 Å². The Morgan fingerprint density at radius 2 is 2.31 bits per heavy atom. The first-order valence-electron chi connectivity index (χ1n) is 4.14. The number of nitrogens with two attached hydrogens (primary N) is 1. The van der Waals surface area contributed by atoms with Gasteiger partial charge in [-0.3, -0.25) is 0 Å². The van der Waals surface area contributed by atoms with Gasteiger partial charge in [0.05, 0.1) is 10.6 Å². The molecule has 0 amide bonds. The first-order chi connectivity index (χ1) is 6.19. The Hall–Kier alpha value is -1.04. The largest absolute Gasteiger partial charge is 0.324 e. The van der Waals surface area contributed by atoms with Crippen LogP contribution in [0, 0.1) is 11.3 Å². The molecule has 0 radical (unpaired) electrons. The second-order valence-electron chi connectivity index (χ2n) is 2.87. The summed E-state index contributed by atoms with van der Waals surface area (Å²) in [6, 6.07) is 7.34. The molecule has 0 aromatic heterocycles. The fraction of sp³-hybridized carbons (Fsp3) is 0.300. The minimum atomic E-state index is -0.00985. The lowest BCUT2D eigenvalue weighted by atomic mass is 10.0. The summed E-state index contributed by atoms with van der Waals surface area (Å²) in [6.07, 6.45) is 0.854. The smallest absolute Gasteiger partial charge is 0.101 e. The van der Waals surface area contributed by atoms with E-state index in [0.29, 0.717) is 10.6 Å². The van der Waals surface area contributed by atoms with Crippen LogP contribution in [0.25, 0.3) is 0 Å². The molecule has 0 saturated carbocycles. The first-order valence-corrected chi connectivity index (χ1v) is 4.52. The molecule has 1 rings (SSSR count). The van der Waals surface area contributed by atoms with Gasteiger partial charge in [0.2, 0.25) is 0 Å². The molecule has 0 aliphatic carbocycles. The van der Waals surface area contributed by atoms with Gasteiger partial charge in [0.25, 0.3) is 0 Å². The molecule has 1 aromatic carbocycles. The molecule has 0 saturated heterocycles. The highest BCUT2D eigenvalue weighted by Gasteiger charge is 2.06. The monoisotopic (exact) mass is 194 g/mol. The van der Waals surface area contributed by atoms with Crippen LogP contribution < -0.4 is 5.73 Å². The standard InChI is InChI=1S/C10H11ClN2/c1-2-10(13)7-3-4-9(11)8(5-7)6-12/h3-5,10H,2,13H2,1H3/t10-/m1/s1. The number of nitriles is 1. The van der Waals surface area contributed by atoms with Crippen molar-refractivity contribution in [3.8, 4) is 6.07 Å². The predicted molar refractivity (Wildman–Crippen MR) is 53.4 cm³/mol. The molecule has 0 heterocycles. The van der Waals surface area contributed by atoms with E-state index >= 15 is 0 Å². The molecule has 0 aliphatic heterocycles. The van der Waals surface area contributed by atoms with Crippen molar-refractivity contribution in [3.63, 3.8) is 0 Å². The second-order valence-corrected chi connectivity index (χ2v) is 3.27. The first kappa shape index (κ1) is 10.0. The van der Waals surface area contributed by atoms with E-state index in [9.17, 15) is 0 Å². The van der Waals surface area contributed by atoms with Crippen LogP contribution in [-0.4, -0.2) is 0 Å². The van der Waals surface area contributed by atoms with E-state index in [0.717, 1.165) is 12.0 Å². The third kappa shape index (κ3) is 2.21. The van der Waals surface area contributed by atoms with Crippen molar-refractivity contribution in [2.24, 2.45) is 5.73 Å². The number of hydrogen-bond acceptors (Lipinski definition) is 2. The maximum absolute atomic E-state index is 8.72. The molecule has 0 bridgehead atoms. The summed E-state index contributed by atoms with van der Waals surface area (Å²) < 4.78 is 0. The Balaban J connectivity index is 3.08. The number of rotatable bonds is 2. The minimum absolute atomic E-state index is 0.00985. The molecular weight excluding hydrogens is 184 g/mol. The van der Waals surface area contributed by atoms with Gasteiger partial charge >= 0.3 is 0 Å². The Bertz CT molecular complexity index is 341. The van der Waals surface area contributed by atoms with Crippen LogP contribution in [0.2, 0.25) is 5.02 Å². The SMILES string of the molecule is CC[C@@H](N)c1ccc(Cl)c(C#N)c1. The lowest BCUT2D eigenvalue weighted by Gasteiger charge is -2.09. The van der Waals surface area contributed by atoms with Crippen molar-refractivity contribution in [1.82, 2.24) is 0 Å². The molecule has 2 N–H and O–H groups in total. The highest BCUT2D eigenvalue weighted by atomic mass is 35.5. The summed E-state index contributed by atoms with van der Waals surface area (Å²) in [7, 11) is 0. The van der Waals surface area contributed by atoms with Gasteiger partial charge in [-0.15, -0.1) is 0 Å². The lowest BCUT2D eigenvalue weighted by molar-refractivity contribution is 0.698. The quantitative estimate of drug-likeness (QED) is 0.787. The molecule has 0 fully saturated rings. The van der Waals surface area contributed by atoms with Gasteiger partial charge in [-0.25, -0.2) is 0 Å². The summed E-state index contributed by atoms with van der Waals surface area (Å²) in [4.78, 5) is 0. The zero-order chi connectivity index (χ0) is 9.84. The lowest BCUT2D eigenvalue weighted by Crippen LogP contribution is -2.08. The van der Waals surface area contributed by atoms with E-state index in [4.69, 9.17) is 22.6 Å². The van der Waals surface area contributed by atoms with Crippen molar-refractivity contribution < 1.29 is 0 Å². The summed E-state index contributed by atoms with van der Waals surface area (Å²) in [6.45, 7) is 2.01. The Morgan fingerprint density at radius 3 is 2.85 bits per heavy atom. The molecular formula is C10H11ClN2. The third-order valence-electron chi connectivity index (χ3n) is 1.98. The van der Waals surface area contributed by atoms with Crippen molar-refractivity contribution in [1.29, 1.82) is 5.26 Å². The molecule has 1 atom stereocenters. The number of hydrogen-bond donors (Lipinski definition) is 1. The third-order valence-corrected chi connectivity index (χ3v) is 2.31. The highest BCUT2D eigenvalue weighted by molar-refractivity contribution is 6.31. The van der Waals surface area contributed by atoms with Crippen LogP contribution in [0.4, 0.5) is 0 Å². The van der Waals surface area contributed by atoms with Gasteiger partial charge in [-0.05, 0) is 24.1 Å². The number of halogens is 1. The van der Waals surface area contributed by atoms with E-state index in [-0.39, 0.29) is 6.04 Å². The van der Waals surface area contributed by atoms with E-state index < -0.39 is 0 Å². The van der Waals surface area contributed by atoms with Crippen LogP contribution in [0.3, 0.4) is 0 Å². The normalized spacial score (nSPS) is 12.2. The van der Waals surface area contributed by atoms with Gasteiger partial charge in [0, 0.05) is 6.04 Å². The van der Waals surface area contributed by atoms with Crippen molar-refractivity contribution >= 4 is 11.6 Å². The zero-order valence-electron chi connectivity index (χ0n) is 7.42. The zero-order valence-corrected chi connectivity index (χ0v) is 8.17. The number of nitrogens with zero attached hydrogens (tertiary/aromatic N) is 1. The Kier molecular flexibility index (Phi) is 3.30. The molecule has 3 heteroatoms.